The van der Waals surface area contributed by atoms with Crippen molar-refractivity contribution >= 4 is 33.2 Å². The molecule has 3 rings (SSSR count). The van der Waals surface area contributed by atoms with Crippen LogP contribution in [0.1, 0.15) is 32.1 Å². The number of sulfone groups is 1. The van der Waals surface area contributed by atoms with Gasteiger partial charge in [-0.1, -0.05) is 6.08 Å². The number of aromatic nitrogens is 2. The highest BCUT2D eigenvalue weighted by Gasteiger charge is 2.22. The molecule has 2 aromatic rings. The maximum atomic E-state index is 11.8. The largest absolute Gasteiger partial charge is 0.321 e. The van der Waals surface area contributed by atoms with Gasteiger partial charge in [0.25, 0.3) is 0 Å². The standard InChI is InChI=1S/C17H22N3O2S/c1-12(2)20-16-8-7-14(23(4,21)22)10-15(16)18-17(20)13-6-5-9-19(3)11-13/h6-8,10,12H,3,5,9,11H2,1-2,4H3/q+1. The lowest BCUT2D eigenvalue weighted by Crippen LogP contribution is -2.20. The van der Waals surface area contributed by atoms with Crippen molar-refractivity contribution in [1.82, 2.24) is 9.55 Å². The van der Waals surface area contributed by atoms with Crippen molar-refractivity contribution in [2.24, 2.45) is 0 Å². The van der Waals surface area contributed by atoms with E-state index < -0.39 is 9.84 Å². The van der Waals surface area contributed by atoms with Crippen LogP contribution in [0.15, 0.2) is 29.2 Å². The third-order valence-corrected chi connectivity index (χ3v) is 5.23. The number of hydrogen-bond donors (Lipinski definition) is 0. The Labute approximate surface area is 136 Å². The molecule has 0 atom stereocenters. The van der Waals surface area contributed by atoms with Crippen LogP contribution in [-0.2, 0) is 9.84 Å². The molecule has 122 valence electrons. The summed E-state index contributed by atoms with van der Waals surface area (Å²) in [5.74, 6) is 0.911. The van der Waals surface area contributed by atoms with Crippen LogP contribution in [0.5, 0.6) is 0 Å². The van der Waals surface area contributed by atoms with Crippen molar-refractivity contribution in [2.75, 3.05) is 19.3 Å². The molecule has 0 bridgehead atoms. The second-order valence-electron chi connectivity index (χ2n) is 6.39. The molecule has 1 aliphatic heterocycles. The Morgan fingerprint density at radius 1 is 1.35 bits per heavy atom. The average molecular weight is 332 g/mol. The lowest BCUT2D eigenvalue weighted by atomic mass is 10.1. The van der Waals surface area contributed by atoms with Crippen molar-refractivity contribution < 1.29 is 13.0 Å². The van der Waals surface area contributed by atoms with Crippen LogP contribution in [0.3, 0.4) is 0 Å². The van der Waals surface area contributed by atoms with Gasteiger partial charge in [0.15, 0.2) is 16.4 Å². The molecule has 6 heteroatoms. The number of hydrogen-bond acceptors (Lipinski definition) is 3. The maximum Gasteiger partial charge on any atom is 0.175 e. The van der Waals surface area contributed by atoms with E-state index in [0.717, 1.165) is 41.9 Å². The first-order valence-electron chi connectivity index (χ1n) is 7.74. The van der Waals surface area contributed by atoms with Crippen LogP contribution in [0.2, 0.25) is 0 Å². The Morgan fingerprint density at radius 3 is 2.70 bits per heavy atom. The minimum absolute atomic E-state index is 0.236. The van der Waals surface area contributed by atoms with Crippen LogP contribution < -0.4 is 0 Å². The molecular weight excluding hydrogens is 310 g/mol. The SMILES string of the molecule is C=[N+]1CCC=C(c2nc3cc(S(C)(=O)=O)ccc3n2C(C)C)C1. The van der Waals surface area contributed by atoms with Gasteiger partial charge in [-0.25, -0.2) is 18.0 Å². The van der Waals surface area contributed by atoms with Gasteiger partial charge in [-0.15, -0.1) is 0 Å². The summed E-state index contributed by atoms with van der Waals surface area (Å²) in [6.45, 7) is 9.95. The highest BCUT2D eigenvalue weighted by molar-refractivity contribution is 7.90. The van der Waals surface area contributed by atoms with Crippen LogP contribution in [0, 0.1) is 0 Å². The van der Waals surface area contributed by atoms with Crippen molar-refractivity contribution in [3.8, 4) is 0 Å². The zero-order valence-corrected chi connectivity index (χ0v) is 14.6. The van der Waals surface area contributed by atoms with Gasteiger partial charge in [-0.2, -0.15) is 0 Å². The van der Waals surface area contributed by atoms with E-state index in [4.69, 9.17) is 4.98 Å². The molecule has 0 fully saturated rings. The highest BCUT2D eigenvalue weighted by Crippen LogP contribution is 2.28. The second kappa shape index (κ2) is 5.60. The summed E-state index contributed by atoms with van der Waals surface area (Å²) in [6.07, 6.45) is 4.38. The summed E-state index contributed by atoms with van der Waals surface area (Å²) in [5, 5.41) is 0. The van der Waals surface area contributed by atoms with Gasteiger partial charge >= 0.3 is 0 Å². The Kier molecular flexibility index (Phi) is 3.88. The fourth-order valence-corrected chi connectivity index (χ4v) is 3.67. The molecule has 1 aromatic heterocycles. The molecule has 23 heavy (non-hydrogen) atoms. The molecule has 0 aliphatic carbocycles. The lowest BCUT2D eigenvalue weighted by Gasteiger charge is -2.16. The molecule has 0 saturated heterocycles. The van der Waals surface area contributed by atoms with Gasteiger partial charge in [0.2, 0.25) is 0 Å². The monoisotopic (exact) mass is 332 g/mol. The lowest BCUT2D eigenvalue weighted by molar-refractivity contribution is -0.508. The maximum absolute atomic E-state index is 11.8. The van der Waals surface area contributed by atoms with Gasteiger partial charge in [0.1, 0.15) is 19.1 Å². The Bertz CT molecular complexity index is 921. The van der Waals surface area contributed by atoms with Crippen molar-refractivity contribution in [1.29, 1.82) is 0 Å². The first-order chi connectivity index (χ1) is 10.8. The summed E-state index contributed by atoms with van der Waals surface area (Å²) in [4.78, 5) is 5.05. The molecule has 1 aromatic carbocycles. The quantitative estimate of drug-likeness (QED) is 0.812. The fraction of sp³-hybridized carbons (Fsp3) is 0.412. The molecule has 0 amide bonds. The molecule has 5 nitrogen and oxygen atoms in total. The predicted octanol–water partition coefficient (Wildman–Crippen LogP) is 2.52. The van der Waals surface area contributed by atoms with Crippen LogP contribution in [0.4, 0.5) is 0 Å². The van der Waals surface area contributed by atoms with E-state index in [-0.39, 0.29) is 6.04 Å². The number of fused-ring (bicyclic) bond motifs is 1. The summed E-state index contributed by atoms with van der Waals surface area (Å²) in [7, 11) is -3.23. The Hall–Kier alpha value is -1.95. The van der Waals surface area contributed by atoms with Crippen molar-refractivity contribution in [3.63, 3.8) is 0 Å². The number of nitrogens with zero attached hydrogens (tertiary/aromatic N) is 3. The first-order valence-corrected chi connectivity index (χ1v) is 9.63. The fourth-order valence-electron chi connectivity index (χ4n) is 3.03. The molecular formula is C17H22N3O2S+. The molecule has 0 N–H and O–H groups in total. The third kappa shape index (κ3) is 2.95. The van der Waals surface area contributed by atoms with Crippen molar-refractivity contribution in [2.45, 2.75) is 31.2 Å². The Balaban J connectivity index is 2.23. The highest BCUT2D eigenvalue weighted by atomic mass is 32.2. The van der Waals surface area contributed by atoms with E-state index in [1.165, 1.54) is 6.26 Å². The molecule has 0 saturated carbocycles. The predicted molar refractivity (Wildman–Crippen MR) is 92.9 cm³/mol. The molecule has 0 spiro atoms. The van der Waals surface area contributed by atoms with Crippen LogP contribution in [-0.4, -0.2) is 48.6 Å². The van der Waals surface area contributed by atoms with Gasteiger partial charge in [-0.05, 0) is 32.0 Å². The second-order valence-corrected chi connectivity index (χ2v) is 8.41. The Morgan fingerprint density at radius 2 is 2.09 bits per heavy atom. The van der Waals surface area contributed by atoms with Gasteiger partial charge in [0, 0.05) is 18.7 Å². The summed E-state index contributed by atoms with van der Waals surface area (Å²) in [6, 6.07) is 5.41. The van der Waals surface area contributed by atoms with Gasteiger partial charge in [0.05, 0.1) is 21.5 Å². The minimum atomic E-state index is -3.23. The van der Waals surface area contributed by atoms with Gasteiger partial charge < -0.3 is 4.57 Å². The normalized spacial score (nSPS) is 16.2. The molecule has 0 unspecified atom stereocenters. The first kappa shape index (κ1) is 15.9. The zero-order chi connectivity index (χ0) is 16.8. The van der Waals surface area contributed by atoms with Gasteiger partial charge in [-0.3, -0.25) is 0 Å². The number of rotatable bonds is 3. The van der Waals surface area contributed by atoms with E-state index in [2.05, 4.69) is 31.2 Å². The van der Waals surface area contributed by atoms with Crippen molar-refractivity contribution in [3.05, 3.63) is 30.1 Å². The smallest absolute Gasteiger partial charge is 0.175 e. The van der Waals surface area contributed by atoms with E-state index in [1.807, 2.05) is 10.6 Å². The number of imidazole rings is 1. The topological polar surface area (TPSA) is 55.0 Å². The summed E-state index contributed by atoms with van der Waals surface area (Å²) in [5.41, 5.74) is 2.83. The minimum Gasteiger partial charge on any atom is -0.321 e. The average Bonchev–Trinajstić information content (AvgIpc) is 2.84. The van der Waals surface area contributed by atoms with Crippen LogP contribution in [0.25, 0.3) is 16.6 Å². The zero-order valence-electron chi connectivity index (χ0n) is 13.8. The molecule has 1 aliphatic rings. The summed E-state index contributed by atoms with van der Waals surface area (Å²) >= 11 is 0. The summed E-state index contributed by atoms with van der Waals surface area (Å²) < 4.78 is 27.8. The van der Waals surface area contributed by atoms with E-state index in [9.17, 15) is 8.42 Å². The van der Waals surface area contributed by atoms with E-state index in [1.54, 1.807) is 12.1 Å². The van der Waals surface area contributed by atoms with E-state index >= 15 is 0 Å². The van der Waals surface area contributed by atoms with E-state index in [0.29, 0.717) is 4.90 Å². The van der Waals surface area contributed by atoms with Crippen LogP contribution >= 0.6 is 0 Å². The number of benzene rings is 1. The third-order valence-electron chi connectivity index (χ3n) is 4.12. The molecule has 0 radical (unpaired) electrons. The molecule has 2 heterocycles.